The molecule has 0 aliphatic heterocycles. The monoisotopic (exact) mass is 253 g/mol. The molecular formula is C16H15NO2. The molecule has 0 saturated carbocycles. The largest absolute Gasteiger partial charge is 0.463 e. The number of carbonyl (C=O) groups is 1. The van der Waals surface area contributed by atoms with Gasteiger partial charge in [-0.25, -0.2) is 4.79 Å². The lowest BCUT2D eigenvalue weighted by Crippen LogP contribution is -2.02. The van der Waals surface area contributed by atoms with Crippen molar-refractivity contribution in [2.75, 3.05) is 6.61 Å². The maximum absolute atomic E-state index is 11.7. The van der Waals surface area contributed by atoms with E-state index in [1.165, 1.54) is 6.08 Å². The summed E-state index contributed by atoms with van der Waals surface area (Å²) in [6, 6.07) is 13.5. The number of benzene rings is 1. The summed E-state index contributed by atoms with van der Waals surface area (Å²) in [6.45, 7) is 2.16. The van der Waals surface area contributed by atoms with E-state index in [1.54, 1.807) is 19.3 Å². The minimum atomic E-state index is -0.342. The Kier molecular flexibility index (Phi) is 4.45. The molecule has 2 rings (SSSR count). The first-order valence-corrected chi connectivity index (χ1v) is 6.15. The molecule has 0 unspecified atom stereocenters. The van der Waals surface area contributed by atoms with Gasteiger partial charge < -0.3 is 4.74 Å². The van der Waals surface area contributed by atoms with Crippen LogP contribution in [0.15, 0.2) is 60.9 Å². The highest BCUT2D eigenvalue weighted by molar-refractivity contribution is 5.96. The minimum absolute atomic E-state index is 0.342. The van der Waals surface area contributed by atoms with Gasteiger partial charge in [-0.2, -0.15) is 0 Å². The summed E-state index contributed by atoms with van der Waals surface area (Å²) in [4.78, 5) is 15.8. The summed E-state index contributed by atoms with van der Waals surface area (Å²) in [5.41, 5.74) is 2.66. The van der Waals surface area contributed by atoms with Crippen molar-refractivity contribution in [1.29, 1.82) is 0 Å². The molecule has 0 amide bonds. The molecule has 0 aliphatic carbocycles. The summed E-state index contributed by atoms with van der Waals surface area (Å²) in [5, 5.41) is 0. The Labute approximate surface area is 112 Å². The third-order valence-corrected chi connectivity index (χ3v) is 2.61. The molecule has 96 valence electrons. The van der Waals surface area contributed by atoms with Gasteiger partial charge in [0.05, 0.1) is 6.61 Å². The van der Waals surface area contributed by atoms with Crippen molar-refractivity contribution in [2.45, 2.75) is 6.92 Å². The predicted molar refractivity (Wildman–Crippen MR) is 74.4 cm³/mol. The molecule has 0 radical (unpaired) electrons. The standard InChI is InChI=1S/C16H15NO2/c1-2-19-16(18)11-15(13-7-4-3-5-8-13)14-9-6-10-17-12-14/h3-12H,2H2,1H3/b15-11-. The Morgan fingerprint density at radius 1 is 1.16 bits per heavy atom. The topological polar surface area (TPSA) is 39.2 Å². The molecule has 0 saturated heterocycles. The average Bonchev–Trinajstić information content (AvgIpc) is 2.47. The van der Waals surface area contributed by atoms with E-state index in [0.29, 0.717) is 6.61 Å². The quantitative estimate of drug-likeness (QED) is 0.621. The van der Waals surface area contributed by atoms with E-state index in [4.69, 9.17) is 4.74 Å². The first-order chi connectivity index (χ1) is 9.31. The van der Waals surface area contributed by atoms with Crippen molar-refractivity contribution in [3.63, 3.8) is 0 Å². The van der Waals surface area contributed by atoms with Crippen LogP contribution in [0.2, 0.25) is 0 Å². The molecule has 0 aliphatic rings. The van der Waals surface area contributed by atoms with Gasteiger partial charge in [0, 0.05) is 24.0 Å². The van der Waals surface area contributed by atoms with E-state index in [-0.39, 0.29) is 5.97 Å². The van der Waals surface area contributed by atoms with Crippen molar-refractivity contribution in [1.82, 2.24) is 4.98 Å². The maximum atomic E-state index is 11.7. The third-order valence-electron chi connectivity index (χ3n) is 2.61. The summed E-state index contributed by atoms with van der Waals surface area (Å²) in [5.74, 6) is -0.342. The van der Waals surface area contributed by atoms with Crippen LogP contribution in [0.5, 0.6) is 0 Å². The number of esters is 1. The maximum Gasteiger partial charge on any atom is 0.331 e. The molecule has 0 spiro atoms. The summed E-state index contributed by atoms with van der Waals surface area (Å²) < 4.78 is 4.98. The van der Waals surface area contributed by atoms with E-state index in [0.717, 1.165) is 16.7 Å². The molecule has 1 aromatic carbocycles. The lowest BCUT2D eigenvalue weighted by molar-refractivity contribution is -0.137. The number of carbonyl (C=O) groups excluding carboxylic acids is 1. The average molecular weight is 253 g/mol. The SMILES string of the molecule is CCOC(=O)/C=C(/c1ccccc1)c1cccnc1. The smallest absolute Gasteiger partial charge is 0.331 e. The first kappa shape index (κ1) is 13.0. The number of aromatic nitrogens is 1. The second kappa shape index (κ2) is 6.50. The fourth-order valence-corrected chi connectivity index (χ4v) is 1.77. The highest BCUT2D eigenvalue weighted by Crippen LogP contribution is 2.22. The number of hydrogen-bond acceptors (Lipinski definition) is 3. The van der Waals surface area contributed by atoms with Crippen LogP contribution in [0.4, 0.5) is 0 Å². The van der Waals surface area contributed by atoms with E-state index in [2.05, 4.69) is 4.98 Å². The second-order valence-electron chi connectivity index (χ2n) is 3.92. The Morgan fingerprint density at radius 3 is 2.53 bits per heavy atom. The van der Waals surface area contributed by atoms with Gasteiger partial charge in [0.15, 0.2) is 0 Å². The summed E-state index contributed by atoms with van der Waals surface area (Å²) in [6.07, 6.45) is 4.95. The van der Waals surface area contributed by atoms with Crippen LogP contribution in [0.25, 0.3) is 5.57 Å². The molecule has 3 nitrogen and oxygen atoms in total. The van der Waals surface area contributed by atoms with Gasteiger partial charge >= 0.3 is 5.97 Å². The Bertz CT molecular complexity index is 520. The normalized spacial score (nSPS) is 11.1. The lowest BCUT2D eigenvalue weighted by Gasteiger charge is -2.07. The molecule has 1 aromatic heterocycles. The lowest BCUT2D eigenvalue weighted by atomic mass is 9.99. The van der Waals surface area contributed by atoms with Crippen LogP contribution in [0.1, 0.15) is 18.1 Å². The Hall–Kier alpha value is -2.42. The molecular weight excluding hydrogens is 238 g/mol. The van der Waals surface area contributed by atoms with Crippen LogP contribution in [0.3, 0.4) is 0 Å². The summed E-state index contributed by atoms with van der Waals surface area (Å²) in [7, 11) is 0. The number of ether oxygens (including phenoxy) is 1. The number of nitrogens with zero attached hydrogens (tertiary/aromatic N) is 1. The zero-order valence-corrected chi connectivity index (χ0v) is 10.7. The van der Waals surface area contributed by atoms with Gasteiger partial charge in [-0.3, -0.25) is 4.98 Å². The molecule has 0 atom stereocenters. The van der Waals surface area contributed by atoms with Crippen LogP contribution in [-0.2, 0) is 9.53 Å². The van der Waals surface area contributed by atoms with Crippen molar-refractivity contribution < 1.29 is 9.53 Å². The molecule has 0 N–H and O–H groups in total. The van der Waals surface area contributed by atoms with Crippen molar-refractivity contribution in [2.24, 2.45) is 0 Å². The zero-order chi connectivity index (χ0) is 13.5. The molecule has 1 heterocycles. The van der Waals surface area contributed by atoms with Crippen LogP contribution in [-0.4, -0.2) is 17.6 Å². The fourth-order valence-electron chi connectivity index (χ4n) is 1.77. The van der Waals surface area contributed by atoms with Crippen molar-refractivity contribution in [3.05, 3.63) is 72.1 Å². The molecule has 0 bridgehead atoms. The van der Waals surface area contributed by atoms with Crippen LogP contribution >= 0.6 is 0 Å². The highest BCUT2D eigenvalue weighted by Gasteiger charge is 2.08. The molecule has 3 heteroatoms. The second-order valence-corrected chi connectivity index (χ2v) is 3.92. The van der Waals surface area contributed by atoms with Gasteiger partial charge in [-0.15, -0.1) is 0 Å². The van der Waals surface area contributed by atoms with Gasteiger partial charge in [0.1, 0.15) is 0 Å². The Balaban J connectivity index is 2.43. The van der Waals surface area contributed by atoms with Crippen LogP contribution < -0.4 is 0 Å². The van der Waals surface area contributed by atoms with E-state index in [9.17, 15) is 4.79 Å². The number of hydrogen-bond donors (Lipinski definition) is 0. The molecule has 19 heavy (non-hydrogen) atoms. The first-order valence-electron chi connectivity index (χ1n) is 6.15. The van der Waals surface area contributed by atoms with Crippen molar-refractivity contribution >= 4 is 11.5 Å². The van der Waals surface area contributed by atoms with Gasteiger partial charge in [0.25, 0.3) is 0 Å². The zero-order valence-electron chi connectivity index (χ0n) is 10.7. The highest BCUT2D eigenvalue weighted by atomic mass is 16.5. The van der Waals surface area contributed by atoms with E-state index < -0.39 is 0 Å². The van der Waals surface area contributed by atoms with Crippen LogP contribution in [0, 0.1) is 0 Å². The van der Waals surface area contributed by atoms with Gasteiger partial charge in [0.2, 0.25) is 0 Å². The van der Waals surface area contributed by atoms with Gasteiger partial charge in [-0.05, 0) is 24.1 Å². The van der Waals surface area contributed by atoms with Crippen molar-refractivity contribution in [3.8, 4) is 0 Å². The molecule has 2 aromatic rings. The minimum Gasteiger partial charge on any atom is -0.463 e. The van der Waals surface area contributed by atoms with E-state index in [1.807, 2.05) is 42.5 Å². The van der Waals surface area contributed by atoms with E-state index >= 15 is 0 Å². The third kappa shape index (κ3) is 3.52. The number of pyridine rings is 1. The molecule has 0 fully saturated rings. The van der Waals surface area contributed by atoms with Gasteiger partial charge in [-0.1, -0.05) is 36.4 Å². The fraction of sp³-hybridized carbons (Fsp3) is 0.125. The predicted octanol–water partition coefficient (Wildman–Crippen LogP) is 3.08. The Morgan fingerprint density at radius 2 is 1.89 bits per heavy atom. The summed E-state index contributed by atoms with van der Waals surface area (Å²) >= 11 is 0. The number of rotatable bonds is 4.